The second-order valence-corrected chi connectivity index (χ2v) is 3.26. The maximum atomic E-state index is 11.4. The zero-order chi connectivity index (χ0) is 11.8. The van der Waals surface area contributed by atoms with Crippen LogP contribution in [-0.4, -0.2) is 24.3 Å². The van der Waals surface area contributed by atoms with Crippen LogP contribution in [0.3, 0.4) is 0 Å². The average molecular weight is 220 g/mol. The molecule has 0 aromatic heterocycles. The Morgan fingerprint density at radius 3 is 3.00 bits per heavy atom. The Bertz CT molecular complexity index is 369. The summed E-state index contributed by atoms with van der Waals surface area (Å²) in [7, 11) is 0. The highest BCUT2D eigenvalue weighted by molar-refractivity contribution is 5.90. The van der Waals surface area contributed by atoms with Gasteiger partial charge in [-0.05, 0) is 31.0 Å². The van der Waals surface area contributed by atoms with Crippen molar-refractivity contribution in [2.45, 2.75) is 13.3 Å². The summed E-state index contributed by atoms with van der Waals surface area (Å²) in [4.78, 5) is 11.4. The lowest BCUT2D eigenvalue weighted by molar-refractivity contribution is 0.0526. The molecule has 1 rings (SSSR count). The molecule has 0 atom stereocenters. The number of hydrogen-bond acceptors (Lipinski definition) is 3. The molecule has 0 amide bonds. The third-order valence-corrected chi connectivity index (χ3v) is 2.00. The summed E-state index contributed by atoms with van der Waals surface area (Å²) in [6.07, 6.45) is 4.35. The summed E-state index contributed by atoms with van der Waals surface area (Å²) < 4.78 is 4.91. The van der Waals surface area contributed by atoms with E-state index in [0.29, 0.717) is 18.6 Å². The van der Waals surface area contributed by atoms with Crippen LogP contribution in [0.25, 0.3) is 6.08 Å². The molecule has 0 aliphatic heterocycles. The number of aliphatic hydroxyl groups excluding tert-OH is 1. The molecule has 0 bridgehead atoms. The summed E-state index contributed by atoms with van der Waals surface area (Å²) in [5.74, 6) is -0.306. The van der Waals surface area contributed by atoms with Crippen LogP contribution in [-0.2, 0) is 4.74 Å². The van der Waals surface area contributed by atoms with Gasteiger partial charge < -0.3 is 9.84 Å². The molecule has 0 spiro atoms. The average Bonchev–Trinajstić information content (AvgIpc) is 2.30. The molecule has 1 aromatic rings. The molecule has 0 fully saturated rings. The molecule has 0 saturated heterocycles. The number of benzene rings is 1. The number of esters is 1. The van der Waals surface area contributed by atoms with Crippen molar-refractivity contribution in [1.82, 2.24) is 0 Å². The topological polar surface area (TPSA) is 46.5 Å². The first-order chi connectivity index (χ1) is 7.77. The summed E-state index contributed by atoms with van der Waals surface area (Å²) in [5, 5.41) is 8.63. The van der Waals surface area contributed by atoms with Crippen molar-refractivity contribution in [3.05, 3.63) is 41.5 Å². The van der Waals surface area contributed by atoms with Crippen LogP contribution < -0.4 is 0 Å². The molecule has 0 aliphatic rings. The molecule has 3 heteroatoms. The first kappa shape index (κ1) is 12.5. The maximum Gasteiger partial charge on any atom is 0.338 e. The smallest absolute Gasteiger partial charge is 0.338 e. The van der Waals surface area contributed by atoms with Crippen LogP contribution in [0.4, 0.5) is 0 Å². The van der Waals surface area contributed by atoms with Crippen LogP contribution in [0.15, 0.2) is 30.3 Å². The van der Waals surface area contributed by atoms with Crippen LogP contribution >= 0.6 is 0 Å². The van der Waals surface area contributed by atoms with Gasteiger partial charge in [0, 0.05) is 6.61 Å². The van der Waals surface area contributed by atoms with Gasteiger partial charge in [0.2, 0.25) is 0 Å². The first-order valence-electron chi connectivity index (χ1n) is 5.32. The highest BCUT2D eigenvalue weighted by Gasteiger charge is 2.05. The molecule has 0 aliphatic carbocycles. The van der Waals surface area contributed by atoms with E-state index >= 15 is 0 Å². The summed E-state index contributed by atoms with van der Waals surface area (Å²) in [6.45, 7) is 2.29. The van der Waals surface area contributed by atoms with Crippen LogP contribution in [0.5, 0.6) is 0 Å². The zero-order valence-electron chi connectivity index (χ0n) is 9.35. The molecule has 1 aromatic carbocycles. The van der Waals surface area contributed by atoms with Gasteiger partial charge in [-0.15, -0.1) is 0 Å². The standard InChI is InChI=1S/C13H16O3/c1-2-16-13(15)12-8-5-7-11(10-12)6-3-4-9-14/h3,5-8,10,14H,2,4,9H2,1H3. The van der Waals surface area contributed by atoms with Gasteiger partial charge in [-0.2, -0.15) is 0 Å². The number of rotatable bonds is 5. The lowest BCUT2D eigenvalue weighted by atomic mass is 10.1. The maximum absolute atomic E-state index is 11.4. The Labute approximate surface area is 95.4 Å². The summed E-state index contributed by atoms with van der Waals surface area (Å²) in [6, 6.07) is 7.20. The lowest BCUT2D eigenvalue weighted by Gasteiger charge is -2.02. The quantitative estimate of drug-likeness (QED) is 0.774. The molecule has 86 valence electrons. The minimum atomic E-state index is -0.306. The third kappa shape index (κ3) is 3.87. The van der Waals surface area contributed by atoms with E-state index in [-0.39, 0.29) is 12.6 Å². The Hall–Kier alpha value is -1.61. The highest BCUT2D eigenvalue weighted by atomic mass is 16.5. The van der Waals surface area contributed by atoms with E-state index < -0.39 is 0 Å². The van der Waals surface area contributed by atoms with Gasteiger partial charge >= 0.3 is 5.97 Å². The predicted octanol–water partition coefficient (Wildman–Crippen LogP) is 2.26. The number of hydrogen-bond donors (Lipinski definition) is 1. The van der Waals surface area contributed by atoms with Crippen molar-refractivity contribution in [1.29, 1.82) is 0 Å². The SMILES string of the molecule is CCOC(=O)c1cccc(C=CCCO)c1. The summed E-state index contributed by atoms with van der Waals surface area (Å²) >= 11 is 0. The van der Waals surface area contributed by atoms with Gasteiger partial charge in [-0.3, -0.25) is 0 Å². The fourth-order valence-corrected chi connectivity index (χ4v) is 1.28. The Morgan fingerprint density at radius 1 is 1.50 bits per heavy atom. The van der Waals surface area contributed by atoms with Gasteiger partial charge in [0.05, 0.1) is 12.2 Å². The Kier molecular flexibility index (Phi) is 5.29. The second kappa shape index (κ2) is 6.80. The lowest BCUT2D eigenvalue weighted by Crippen LogP contribution is -2.04. The minimum Gasteiger partial charge on any atom is -0.462 e. The van der Waals surface area contributed by atoms with Crippen LogP contribution in [0.2, 0.25) is 0 Å². The highest BCUT2D eigenvalue weighted by Crippen LogP contribution is 2.08. The predicted molar refractivity (Wildman–Crippen MR) is 63.1 cm³/mol. The first-order valence-corrected chi connectivity index (χ1v) is 5.32. The van der Waals surface area contributed by atoms with Gasteiger partial charge in [-0.25, -0.2) is 4.79 Å². The van der Waals surface area contributed by atoms with E-state index in [1.807, 2.05) is 24.3 Å². The number of carbonyl (C=O) groups is 1. The monoisotopic (exact) mass is 220 g/mol. The van der Waals surface area contributed by atoms with Crippen LogP contribution in [0.1, 0.15) is 29.3 Å². The second-order valence-electron chi connectivity index (χ2n) is 3.26. The number of carbonyl (C=O) groups excluding carboxylic acids is 1. The van der Waals surface area contributed by atoms with Gasteiger partial charge in [0.15, 0.2) is 0 Å². The van der Waals surface area contributed by atoms with Gasteiger partial charge in [-0.1, -0.05) is 24.3 Å². The van der Waals surface area contributed by atoms with Crippen molar-refractivity contribution < 1.29 is 14.6 Å². The van der Waals surface area contributed by atoms with E-state index in [9.17, 15) is 4.79 Å². The third-order valence-electron chi connectivity index (χ3n) is 2.00. The molecular weight excluding hydrogens is 204 g/mol. The van der Waals surface area contributed by atoms with Crippen molar-refractivity contribution in [2.24, 2.45) is 0 Å². The van der Waals surface area contributed by atoms with E-state index in [2.05, 4.69) is 0 Å². The fraction of sp³-hybridized carbons (Fsp3) is 0.308. The zero-order valence-corrected chi connectivity index (χ0v) is 9.35. The van der Waals surface area contributed by atoms with Crippen molar-refractivity contribution in [3.63, 3.8) is 0 Å². The Balaban J connectivity index is 2.74. The van der Waals surface area contributed by atoms with Crippen molar-refractivity contribution in [2.75, 3.05) is 13.2 Å². The van der Waals surface area contributed by atoms with Crippen molar-refractivity contribution >= 4 is 12.0 Å². The normalized spacial score (nSPS) is 10.6. The molecule has 0 unspecified atom stereocenters. The molecular formula is C13H16O3. The number of ether oxygens (including phenoxy) is 1. The largest absolute Gasteiger partial charge is 0.462 e. The van der Waals surface area contributed by atoms with Gasteiger partial charge in [0.25, 0.3) is 0 Å². The number of aliphatic hydroxyl groups is 1. The molecule has 3 nitrogen and oxygen atoms in total. The molecule has 0 saturated carbocycles. The van der Waals surface area contributed by atoms with E-state index in [1.54, 1.807) is 19.1 Å². The Morgan fingerprint density at radius 2 is 2.31 bits per heavy atom. The fourth-order valence-electron chi connectivity index (χ4n) is 1.28. The van der Waals surface area contributed by atoms with E-state index in [0.717, 1.165) is 5.56 Å². The molecule has 0 heterocycles. The van der Waals surface area contributed by atoms with Crippen molar-refractivity contribution in [3.8, 4) is 0 Å². The minimum absolute atomic E-state index is 0.133. The van der Waals surface area contributed by atoms with E-state index in [4.69, 9.17) is 9.84 Å². The van der Waals surface area contributed by atoms with Crippen LogP contribution in [0, 0.1) is 0 Å². The molecule has 16 heavy (non-hydrogen) atoms. The van der Waals surface area contributed by atoms with E-state index in [1.165, 1.54) is 0 Å². The molecule has 1 N–H and O–H groups in total. The van der Waals surface area contributed by atoms with Gasteiger partial charge in [0.1, 0.15) is 0 Å². The summed E-state index contributed by atoms with van der Waals surface area (Å²) in [5.41, 5.74) is 1.48. The molecule has 0 radical (unpaired) electrons.